The summed E-state index contributed by atoms with van der Waals surface area (Å²) in [5.74, 6) is 0.974. The molecule has 0 amide bonds. The third-order valence-corrected chi connectivity index (χ3v) is 5.69. The van der Waals surface area contributed by atoms with Gasteiger partial charge in [-0.15, -0.1) is 0 Å². The molecule has 3 unspecified atom stereocenters. The van der Waals surface area contributed by atoms with E-state index in [1.54, 1.807) is 0 Å². The van der Waals surface area contributed by atoms with Gasteiger partial charge in [-0.2, -0.15) is 0 Å². The summed E-state index contributed by atoms with van der Waals surface area (Å²) in [4.78, 5) is 2.79. The summed E-state index contributed by atoms with van der Waals surface area (Å²) in [5.41, 5.74) is 2.88. The largest absolute Gasteiger partial charge is 0.312 e. The van der Waals surface area contributed by atoms with E-state index in [9.17, 15) is 0 Å². The van der Waals surface area contributed by atoms with Crippen LogP contribution >= 0.6 is 0 Å². The van der Waals surface area contributed by atoms with Gasteiger partial charge in [-0.05, 0) is 63.2 Å². The molecular formula is C19H30N2. The summed E-state index contributed by atoms with van der Waals surface area (Å²) in [6.45, 7) is 4.70. The van der Waals surface area contributed by atoms with E-state index in [0.29, 0.717) is 6.04 Å². The van der Waals surface area contributed by atoms with Crippen molar-refractivity contribution in [3.05, 3.63) is 35.4 Å². The lowest BCUT2D eigenvalue weighted by atomic mass is 9.78. The molecule has 0 spiro atoms. The Bertz CT molecular complexity index is 455. The minimum Gasteiger partial charge on any atom is -0.312 e. The molecule has 1 heterocycles. The molecule has 0 radical (unpaired) electrons. The van der Waals surface area contributed by atoms with Crippen molar-refractivity contribution in [1.82, 2.24) is 10.2 Å². The van der Waals surface area contributed by atoms with Crippen molar-refractivity contribution in [2.75, 3.05) is 20.1 Å². The fraction of sp³-hybridized carbons (Fsp3) is 0.684. The van der Waals surface area contributed by atoms with Crippen molar-refractivity contribution in [1.29, 1.82) is 0 Å². The predicted molar refractivity (Wildman–Crippen MR) is 89.5 cm³/mol. The van der Waals surface area contributed by atoms with Crippen LogP contribution in [0.25, 0.3) is 0 Å². The number of hydrogen-bond acceptors (Lipinski definition) is 2. The Balaban J connectivity index is 1.72. The Morgan fingerprint density at radius 3 is 2.71 bits per heavy atom. The van der Waals surface area contributed by atoms with Crippen LogP contribution in [-0.2, 0) is 0 Å². The molecule has 1 aliphatic carbocycles. The summed E-state index contributed by atoms with van der Waals surface area (Å²) < 4.78 is 0. The average molecular weight is 286 g/mol. The van der Waals surface area contributed by atoms with Crippen LogP contribution in [0.4, 0.5) is 0 Å². The van der Waals surface area contributed by atoms with Gasteiger partial charge in [-0.3, -0.25) is 4.90 Å². The fourth-order valence-corrected chi connectivity index (χ4v) is 4.51. The zero-order valence-electron chi connectivity index (χ0n) is 13.6. The second-order valence-electron chi connectivity index (χ2n) is 6.95. The molecule has 21 heavy (non-hydrogen) atoms. The zero-order valence-corrected chi connectivity index (χ0v) is 13.6. The maximum Gasteiger partial charge on any atom is 0.0449 e. The van der Waals surface area contributed by atoms with Gasteiger partial charge >= 0.3 is 0 Å². The van der Waals surface area contributed by atoms with Crippen LogP contribution in [-0.4, -0.2) is 31.1 Å². The van der Waals surface area contributed by atoms with Crippen LogP contribution in [0.5, 0.6) is 0 Å². The molecule has 1 aromatic carbocycles. The lowest BCUT2D eigenvalue weighted by molar-refractivity contribution is 0.0534. The lowest BCUT2D eigenvalue weighted by Gasteiger charge is -2.45. The van der Waals surface area contributed by atoms with Gasteiger partial charge < -0.3 is 5.32 Å². The van der Waals surface area contributed by atoms with Crippen LogP contribution in [0, 0.1) is 12.8 Å². The number of nitrogens with one attached hydrogen (secondary N) is 1. The van der Waals surface area contributed by atoms with Gasteiger partial charge in [0.2, 0.25) is 0 Å². The Hall–Kier alpha value is -0.860. The molecule has 0 aromatic heterocycles. The first-order valence-corrected chi connectivity index (χ1v) is 8.76. The molecule has 2 fully saturated rings. The lowest BCUT2D eigenvalue weighted by Crippen LogP contribution is -2.49. The van der Waals surface area contributed by atoms with E-state index >= 15 is 0 Å². The molecule has 1 saturated heterocycles. The molecule has 1 saturated carbocycles. The Morgan fingerprint density at radius 2 is 1.90 bits per heavy atom. The van der Waals surface area contributed by atoms with E-state index in [4.69, 9.17) is 0 Å². The number of likely N-dealkylation sites (tertiary alicyclic amines) is 1. The van der Waals surface area contributed by atoms with E-state index in [2.05, 4.69) is 48.5 Å². The molecule has 116 valence electrons. The first kappa shape index (κ1) is 15.1. The summed E-state index contributed by atoms with van der Waals surface area (Å²) >= 11 is 0. The molecule has 3 atom stereocenters. The first-order valence-electron chi connectivity index (χ1n) is 8.76. The fourth-order valence-electron chi connectivity index (χ4n) is 4.51. The van der Waals surface area contributed by atoms with Gasteiger partial charge in [0.15, 0.2) is 0 Å². The molecule has 0 bridgehead atoms. The minimum absolute atomic E-state index is 0.465. The molecule has 3 rings (SSSR count). The molecule has 2 aliphatic rings. The number of fused-ring (bicyclic) bond motifs is 1. The highest BCUT2D eigenvalue weighted by Gasteiger charge is 2.34. The highest BCUT2D eigenvalue weighted by Crippen LogP contribution is 2.36. The van der Waals surface area contributed by atoms with Gasteiger partial charge in [0, 0.05) is 18.6 Å². The van der Waals surface area contributed by atoms with Crippen LogP contribution in [0.1, 0.15) is 55.7 Å². The summed E-state index contributed by atoms with van der Waals surface area (Å²) in [6.07, 6.45) is 8.65. The third kappa shape index (κ3) is 3.32. The molecule has 1 aliphatic heterocycles. The van der Waals surface area contributed by atoms with Crippen LogP contribution in [0.15, 0.2) is 24.3 Å². The van der Waals surface area contributed by atoms with E-state index < -0.39 is 0 Å². The normalized spacial score (nSPS) is 28.1. The van der Waals surface area contributed by atoms with E-state index in [-0.39, 0.29) is 0 Å². The Labute approximate surface area is 129 Å². The van der Waals surface area contributed by atoms with Gasteiger partial charge in [0.05, 0.1) is 0 Å². The van der Waals surface area contributed by atoms with Crippen LogP contribution < -0.4 is 5.32 Å². The monoisotopic (exact) mass is 286 g/mol. The summed E-state index contributed by atoms with van der Waals surface area (Å²) in [6, 6.07) is 10.2. The van der Waals surface area contributed by atoms with Gasteiger partial charge in [0.25, 0.3) is 0 Å². The van der Waals surface area contributed by atoms with Gasteiger partial charge in [-0.25, -0.2) is 0 Å². The van der Waals surface area contributed by atoms with Crippen molar-refractivity contribution >= 4 is 0 Å². The predicted octanol–water partition coefficient (Wildman–Crippen LogP) is 3.91. The summed E-state index contributed by atoms with van der Waals surface area (Å²) in [5, 5.41) is 3.56. The number of rotatable bonds is 4. The molecule has 1 aromatic rings. The highest BCUT2D eigenvalue weighted by atomic mass is 15.2. The number of piperidine rings is 1. The van der Waals surface area contributed by atoms with Crippen LogP contribution in [0.2, 0.25) is 0 Å². The van der Waals surface area contributed by atoms with Crippen molar-refractivity contribution < 1.29 is 0 Å². The van der Waals surface area contributed by atoms with E-state index in [1.807, 2.05) is 0 Å². The Kier molecular flexibility index (Phi) is 4.97. The summed E-state index contributed by atoms with van der Waals surface area (Å²) in [7, 11) is 2.11. The smallest absolute Gasteiger partial charge is 0.0449 e. The minimum atomic E-state index is 0.465. The first-order chi connectivity index (χ1) is 10.3. The quantitative estimate of drug-likeness (QED) is 0.903. The number of aryl methyl sites for hydroxylation is 1. The number of likely N-dealkylation sites (N-methyl/N-ethyl adjacent to an activating group) is 1. The maximum atomic E-state index is 3.56. The van der Waals surface area contributed by atoms with Gasteiger partial charge in [-0.1, -0.05) is 37.1 Å². The number of hydrogen-bond donors (Lipinski definition) is 1. The van der Waals surface area contributed by atoms with E-state index in [0.717, 1.165) is 12.0 Å². The molecule has 1 N–H and O–H groups in total. The van der Waals surface area contributed by atoms with Crippen molar-refractivity contribution in [2.24, 2.45) is 5.92 Å². The molecule has 2 heteroatoms. The van der Waals surface area contributed by atoms with Crippen LogP contribution in [0.3, 0.4) is 0 Å². The SMILES string of the molecule is CNC(CN1CCCC2CCCCC21)c1ccccc1C. The van der Waals surface area contributed by atoms with Crippen molar-refractivity contribution in [2.45, 2.75) is 57.5 Å². The standard InChI is InChI=1S/C19H30N2/c1-15-8-3-5-11-17(15)18(20-2)14-21-13-7-10-16-9-4-6-12-19(16)21/h3,5,8,11,16,18-20H,4,6-7,9-10,12-14H2,1-2H3. The third-order valence-electron chi connectivity index (χ3n) is 5.69. The maximum absolute atomic E-state index is 3.56. The van der Waals surface area contributed by atoms with E-state index in [1.165, 1.54) is 62.7 Å². The highest BCUT2D eigenvalue weighted by molar-refractivity contribution is 5.29. The average Bonchev–Trinajstić information content (AvgIpc) is 2.53. The zero-order chi connectivity index (χ0) is 14.7. The molecule has 2 nitrogen and oxygen atoms in total. The second kappa shape index (κ2) is 6.93. The number of nitrogens with zero attached hydrogens (tertiary/aromatic N) is 1. The van der Waals surface area contributed by atoms with Crippen molar-refractivity contribution in [3.8, 4) is 0 Å². The molecular weight excluding hydrogens is 256 g/mol. The Morgan fingerprint density at radius 1 is 1.14 bits per heavy atom. The topological polar surface area (TPSA) is 15.3 Å². The van der Waals surface area contributed by atoms with Crippen molar-refractivity contribution in [3.63, 3.8) is 0 Å². The second-order valence-corrected chi connectivity index (χ2v) is 6.95. The number of benzene rings is 1. The van der Waals surface area contributed by atoms with Gasteiger partial charge in [0.1, 0.15) is 0 Å².